The van der Waals surface area contributed by atoms with Crippen LogP contribution in [0.15, 0.2) is 24.3 Å². The summed E-state index contributed by atoms with van der Waals surface area (Å²) >= 11 is 0. The second-order valence-electron chi connectivity index (χ2n) is 4.47. The Bertz CT molecular complexity index is 500. The lowest BCUT2D eigenvalue weighted by Gasteiger charge is -2.16. The Morgan fingerprint density at radius 1 is 1.28 bits per heavy atom. The van der Waals surface area contributed by atoms with E-state index in [1.807, 2.05) is 0 Å². The van der Waals surface area contributed by atoms with Crippen LogP contribution in [0.25, 0.3) is 0 Å². The van der Waals surface area contributed by atoms with Crippen molar-refractivity contribution in [2.45, 2.75) is 19.3 Å². The van der Waals surface area contributed by atoms with Gasteiger partial charge in [0.1, 0.15) is 0 Å². The Morgan fingerprint density at radius 3 is 2.50 bits per heavy atom. The van der Waals surface area contributed by atoms with Gasteiger partial charge in [-0.3, -0.25) is 9.59 Å². The molecule has 3 nitrogen and oxygen atoms in total. The van der Waals surface area contributed by atoms with Crippen molar-refractivity contribution in [2.75, 3.05) is 13.1 Å². The Hall–Kier alpha value is -1.78. The number of carbonyl (C=O) groups excluding carboxylic acids is 2. The van der Waals surface area contributed by atoms with E-state index >= 15 is 0 Å². The van der Waals surface area contributed by atoms with E-state index in [1.54, 1.807) is 12.1 Å². The van der Waals surface area contributed by atoms with E-state index in [4.69, 9.17) is 0 Å². The minimum atomic E-state index is -2.80. The number of halogens is 2. The minimum Gasteiger partial charge on any atom is -0.332 e. The Kier molecular flexibility index (Phi) is 3.15. The number of rotatable bonds is 2. The summed E-state index contributed by atoms with van der Waals surface area (Å²) in [6, 6.07) is 6.16. The normalized spacial score (nSPS) is 17.8. The van der Waals surface area contributed by atoms with Gasteiger partial charge in [-0.25, -0.2) is 8.78 Å². The summed E-state index contributed by atoms with van der Waals surface area (Å²) in [4.78, 5) is 24.3. The molecule has 96 valence electrons. The van der Waals surface area contributed by atoms with Gasteiger partial charge in [0.05, 0.1) is 6.54 Å². The van der Waals surface area contributed by atoms with E-state index in [1.165, 1.54) is 19.1 Å². The third-order valence-corrected chi connectivity index (χ3v) is 2.97. The van der Waals surface area contributed by atoms with Crippen LogP contribution in [0.1, 0.15) is 34.1 Å². The highest BCUT2D eigenvalue weighted by Crippen LogP contribution is 2.27. The zero-order valence-corrected chi connectivity index (χ0v) is 9.95. The van der Waals surface area contributed by atoms with Crippen molar-refractivity contribution in [3.63, 3.8) is 0 Å². The van der Waals surface area contributed by atoms with Crippen LogP contribution in [0.2, 0.25) is 0 Å². The molecule has 0 atom stereocenters. The average Bonchev–Trinajstić information content (AvgIpc) is 2.69. The van der Waals surface area contributed by atoms with E-state index in [2.05, 4.69) is 0 Å². The fourth-order valence-electron chi connectivity index (χ4n) is 1.96. The van der Waals surface area contributed by atoms with Gasteiger partial charge in [-0.15, -0.1) is 0 Å². The molecule has 18 heavy (non-hydrogen) atoms. The number of amides is 1. The molecule has 0 bridgehead atoms. The van der Waals surface area contributed by atoms with E-state index in [0.29, 0.717) is 5.56 Å². The van der Waals surface area contributed by atoms with Crippen molar-refractivity contribution in [1.29, 1.82) is 0 Å². The van der Waals surface area contributed by atoms with Crippen molar-refractivity contribution in [1.82, 2.24) is 4.90 Å². The van der Waals surface area contributed by atoms with Crippen LogP contribution in [0, 0.1) is 0 Å². The highest BCUT2D eigenvalue weighted by atomic mass is 19.3. The first kappa shape index (κ1) is 12.7. The second kappa shape index (κ2) is 4.48. The minimum absolute atomic E-state index is 0.0517. The van der Waals surface area contributed by atoms with E-state index in [-0.39, 0.29) is 24.3 Å². The molecular formula is C13H13F2NO2. The Balaban J connectivity index is 2.19. The molecule has 5 heteroatoms. The third kappa shape index (κ3) is 2.55. The molecule has 0 aromatic heterocycles. The van der Waals surface area contributed by atoms with Crippen LogP contribution >= 0.6 is 0 Å². The average molecular weight is 253 g/mol. The summed E-state index contributed by atoms with van der Waals surface area (Å²) in [5, 5.41) is 0. The molecule has 0 aliphatic carbocycles. The van der Waals surface area contributed by atoms with Gasteiger partial charge in [0.15, 0.2) is 5.78 Å². The SMILES string of the molecule is CC(=O)c1cccc(C(=O)N2CCC(F)(F)C2)c1. The highest BCUT2D eigenvalue weighted by Gasteiger charge is 2.40. The van der Waals surface area contributed by atoms with Gasteiger partial charge in [-0.2, -0.15) is 0 Å². The van der Waals surface area contributed by atoms with Crippen molar-refractivity contribution >= 4 is 11.7 Å². The quantitative estimate of drug-likeness (QED) is 0.759. The first-order valence-electron chi connectivity index (χ1n) is 5.67. The van der Waals surface area contributed by atoms with Crippen molar-refractivity contribution in [3.05, 3.63) is 35.4 Å². The predicted molar refractivity (Wildman–Crippen MR) is 61.9 cm³/mol. The lowest BCUT2D eigenvalue weighted by molar-refractivity contribution is 0.0120. The zero-order chi connectivity index (χ0) is 13.3. The molecule has 1 aromatic carbocycles. The topological polar surface area (TPSA) is 37.4 Å². The molecule has 0 unspecified atom stereocenters. The molecule has 0 saturated carbocycles. The van der Waals surface area contributed by atoms with Crippen molar-refractivity contribution < 1.29 is 18.4 Å². The maximum atomic E-state index is 13.0. The summed E-state index contributed by atoms with van der Waals surface area (Å²) in [5.74, 6) is -3.40. The van der Waals surface area contributed by atoms with Crippen LogP contribution in [0.5, 0.6) is 0 Å². The molecule has 1 aliphatic heterocycles. The van der Waals surface area contributed by atoms with E-state index in [0.717, 1.165) is 4.90 Å². The molecule has 1 aliphatic rings. The van der Waals surface area contributed by atoms with Crippen LogP contribution < -0.4 is 0 Å². The predicted octanol–water partition coefficient (Wildman–Crippen LogP) is 2.37. The summed E-state index contributed by atoms with van der Waals surface area (Å²) in [7, 11) is 0. The largest absolute Gasteiger partial charge is 0.332 e. The molecule has 0 N–H and O–H groups in total. The second-order valence-corrected chi connectivity index (χ2v) is 4.47. The molecule has 0 spiro atoms. The molecule has 1 fully saturated rings. The number of nitrogens with zero attached hydrogens (tertiary/aromatic N) is 1. The number of Topliss-reactive ketones (excluding diaryl/α,β-unsaturated/α-hetero) is 1. The number of likely N-dealkylation sites (tertiary alicyclic amines) is 1. The van der Waals surface area contributed by atoms with Gasteiger partial charge in [0, 0.05) is 24.1 Å². The highest BCUT2D eigenvalue weighted by molar-refractivity contribution is 5.99. The Morgan fingerprint density at radius 2 is 1.94 bits per heavy atom. The van der Waals surface area contributed by atoms with E-state index < -0.39 is 18.4 Å². The van der Waals surface area contributed by atoms with Crippen LogP contribution in [-0.4, -0.2) is 35.6 Å². The number of ketones is 1. The van der Waals surface area contributed by atoms with Gasteiger partial charge in [-0.1, -0.05) is 12.1 Å². The van der Waals surface area contributed by atoms with Crippen LogP contribution in [-0.2, 0) is 0 Å². The van der Waals surface area contributed by atoms with Gasteiger partial charge < -0.3 is 4.90 Å². The van der Waals surface area contributed by atoms with Crippen LogP contribution in [0.4, 0.5) is 8.78 Å². The first-order valence-corrected chi connectivity index (χ1v) is 5.67. The maximum absolute atomic E-state index is 13.0. The van der Waals surface area contributed by atoms with Gasteiger partial charge >= 0.3 is 0 Å². The standard InChI is InChI=1S/C13H13F2NO2/c1-9(17)10-3-2-4-11(7-10)12(18)16-6-5-13(14,15)8-16/h2-4,7H,5-6,8H2,1H3. The molecule has 1 saturated heterocycles. The summed E-state index contributed by atoms with van der Waals surface area (Å²) < 4.78 is 26.1. The molecular weight excluding hydrogens is 240 g/mol. The number of hydrogen-bond acceptors (Lipinski definition) is 2. The number of alkyl halides is 2. The fourth-order valence-corrected chi connectivity index (χ4v) is 1.96. The monoisotopic (exact) mass is 253 g/mol. The van der Waals surface area contributed by atoms with Gasteiger partial charge in [0.25, 0.3) is 11.8 Å². The van der Waals surface area contributed by atoms with Gasteiger partial charge in [-0.05, 0) is 19.1 Å². The lowest BCUT2D eigenvalue weighted by atomic mass is 10.1. The zero-order valence-electron chi connectivity index (χ0n) is 9.95. The van der Waals surface area contributed by atoms with Crippen LogP contribution in [0.3, 0.4) is 0 Å². The number of carbonyl (C=O) groups is 2. The molecule has 2 rings (SSSR count). The Labute approximate surface area is 103 Å². The fraction of sp³-hybridized carbons (Fsp3) is 0.385. The molecule has 1 amide bonds. The van der Waals surface area contributed by atoms with Gasteiger partial charge in [0.2, 0.25) is 0 Å². The number of hydrogen-bond donors (Lipinski definition) is 0. The van der Waals surface area contributed by atoms with Crippen molar-refractivity contribution in [2.24, 2.45) is 0 Å². The third-order valence-electron chi connectivity index (χ3n) is 2.97. The molecule has 1 aromatic rings. The summed E-state index contributed by atoms with van der Waals surface area (Å²) in [6.07, 6.45) is -0.300. The maximum Gasteiger partial charge on any atom is 0.267 e. The molecule has 0 radical (unpaired) electrons. The smallest absolute Gasteiger partial charge is 0.267 e. The van der Waals surface area contributed by atoms with E-state index in [9.17, 15) is 18.4 Å². The first-order chi connectivity index (χ1) is 8.39. The van der Waals surface area contributed by atoms with Crippen molar-refractivity contribution in [3.8, 4) is 0 Å². The summed E-state index contributed by atoms with van der Waals surface area (Å²) in [5.41, 5.74) is 0.687. The lowest BCUT2D eigenvalue weighted by Crippen LogP contribution is -2.31. The summed E-state index contributed by atoms with van der Waals surface area (Å²) in [6.45, 7) is 0.903. The number of benzene rings is 1. The molecule has 1 heterocycles.